The Kier molecular flexibility index (Phi) is 7.78. The summed E-state index contributed by atoms with van der Waals surface area (Å²) in [6.07, 6.45) is 6.43. The second kappa shape index (κ2) is 9.58. The molecule has 18 heavy (non-hydrogen) atoms. The Labute approximate surface area is 111 Å². The number of ether oxygens (including phenoxy) is 1. The van der Waals surface area contributed by atoms with Crippen LogP contribution in [0.15, 0.2) is 42.8 Å². The molecule has 0 heterocycles. The highest BCUT2D eigenvalue weighted by atomic mass is 16.5. The van der Waals surface area contributed by atoms with Gasteiger partial charge >= 0.3 is 0 Å². The molecule has 0 spiro atoms. The van der Waals surface area contributed by atoms with Crippen molar-refractivity contribution in [1.82, 2.24) is 5.32 Å². The first-order chi connectivity index (χ1) is 8.83. The van der Waals surface area contributed by atoms with E-state index in [9.17, 15) is 0 Å². The summed E-state index contributed by atoms with van der Waals surface area (Å²) in [5.74, 6) is 0.675. The third kappa shape index (κ3) is 7.00. The van der Waals surface area contributed by atoms with Gasteiger partial charge in [0.05, 0.1) is 0 Å². The lowest BCUT2D eigenvalue weighted by atomic mass is 10.1. The molecule has 2 heteroatoms. The Morgan fingerprint density at radius 1 is 1.11 bits per heavy atom. The van der Waals surface area contributed by atoms with Crippen LogP contribution in [0.1, 0.15) is 44.6 Å². The van der Waals surface area contributed by atoms with Gasteiger partial charge in [0.25, 0.3) is 0 Å². The van der Waals surface area contributed by atoms with Crippen molar-refractivity contribution in [3.8, 4) is 0 Å². The normalized spacial score (nSPS) is 10.1. The smallest absolute Gasteiger partial charge is 0.179 e. The van der Waals surface area contributed by atoms with Crippen LogP contribution < -0.4 is 5.32 Å². The van der Waals surface area contributed by atoms with Crippen LogP contribution >= 0.6 is 0 Å². The number of hydrogen-bond acceptors (Lipinski definition) is 2. The molecule has 0 fully saturated rings. The Morgan fingerprint density at radius 3 is 2.56 bits per heavy atom. The average Bonchev–Trinajstić information content (AvgIpc) is 2.41. The Morgan fingerprint density at radius 2 is 1.83 bits per heavy atom. The maximum atomic E-state index is 5.55. The molecular formula is C16H25NO. The van der Waals surface area contributed by atoms with Crippen LogP contribution in [-0.2, 0) is 11.3 Å². The SMILES string of the molecule is C=C(NCCCCCCC)OCc1ccccc1. The van der Waals surface area contributed by atoms with Gasteiger partial charge in [0.15, 0.2) is 5.88 Å². The quantitative estimate of drug-likeness (QED) is 0.493. The van der Waals surface area contributed by atoms with Gasteiger partial charge in [0.1, 0.15) is 6.61 Å². The van der Waals surface area contributed by atoms with E-state index < -0.39 is 0 Å². The predicted molar refractivity (Wildman–Crippen MR) is 77.1 cm³/mol. The second-order valence-corrected chi connectivity index (χ2v) is 4.54. The number of nitrogens with one attached hydrogen (secondary N) is 1. The Hall–Kier alpha value is -1.44. The van der Waals surface area contributed by atoms with E-state index in [1.54, 1.807) is 0 Å². The van der Waals surface area contributed by atoms with Gasteiger partial charge in [0.2, 0.25) is 0 Å². The van der Waals surface area contributed by atoms with Crippen LogP contribution in [0.25, 0.3) is 0 Å². The molecule has 100 valence electrons. The lowest BCUT2D eigenvalue weighted by molar-refractivity contribution is 0.179. The summed E-state index contributed by atoms with van der Waals surface area (Å²) >= 11 is 0. The molecule has 0 aliphatic carbocycles. The van der Waals surface area contributed by atoms with Crippen LogP contribution in [0.5, 0.6) is 0 Å². The van der Waals surface area contributed by atoms with Gasteiger partial charge in [-0.2, -0.15) is 0 Å². The maximum Gasteiger partial charge on any atom is 0.179 e. The minimum absolute atomic E-state index is 0.586. The number of benzene rings is 1. The molecule has 0 amide bonds. The molecule has 0 saturated carbocycles. The van der Waals surface area contributed by atoms with E-state index in [0.717, 1.165) is 6.54 Å². The average molecular weight is 247 g/mol. The number of hydrogen-bond donors (Lipinski definition) is 1. The molecule has 2 nitrogen and oxygen atoms in total. The fraction of sp³-hybridized carbons (Fsp3) is 0.500. The molecule has 0 unspecified atom stereocenters. The van der Waals surface area contributed by atoms with Crippen LogP contribution in [0.2, 0.25) is 0 Å². The molecule has 1 rings (SSSR count). The minimum Gasteiger partial charge on any atom is -0.475 e. The highest BCUT2D eigenvalue weighted by molar-refractivity contribution is 5.13. The van der Waals surface area contributed by atoms with Gasteiger partial charge in [-0.3, -0.25) is 0 Å². The molecule has 1 aromatic carbocycles. The molecule has 0 radical (unpaired) electrons. The zero-order valence-electron chi connectivity index (χ0n) is 11.5. The Balaban J connectivity index is 2.01. The molecule has 0 aromatic heterocycles. The summed E-state index contributed by atoms with van der Waals surface area (Å²) in [6, 6.07) is 10.1. The first-order valence-corrected chi connectivity index (χ1v) is 6.92. The lowest BCUT2D eigenvalue weighted by Crippen LogP contribution is -2.16. The monoisotopic (exact) mass is 247 g/mol. The Bertz CT molecular complexity index is 321. The zero-order valence-corrected chi connectivity index (χ0v) is 11.5. The van der Waals surface area contributed by atoms with Crippen LogP contribution in [0.4, 0.5) is 0 Å². The third-order valence-electron chi connectivity index (χ3n) is 2.86. The molecule has 0 atom stereocenters. The highest BCUT2D eigenvalue weighted by Gasteiger charge is 1.96. The van der Waals surface area contributed by atoms with Gasteiger partial charge in [-0.1, -0.05) is 62.9 Å². The summed E-state index contributed by atoms with van der Waals surface area (Å²) in [6.45, 7) is 7.65. The van der Waals surface area contributed by atoms with Crippen molar-refractivity contribution in [2.75, 3.05) is 6.54 Å². The van der Waals surface area contributed by atoms with Crippen molar-refractivity contribution < 1.29 is 4.74 Å². The molecule has 0 aliphatic rings. The summed E-state index contributed by atoms with van der Waals surface area (Å²) < 4.78 is 5.55. The first-order valence-electron chi connectivity index (χ1n) is 6.92. The topological polar surface area (TPSA) is 21.3 Å². The van der Waals surface area contributed by atoms with Crippen molar-refractivity contribution >= 4 is 0 Å². The van der Waals surface area contributed by atoms with Gasteiger partial charge in [-0.25, -0.2) is 0 Å². The lowest BCUT2D eigenvalue weighted by Gasteiger charge is -2.11. The van der Waals surface area contributed by atoms with Crippen molar-refractivity contribution in [1.29, 1.82) is 0 Å². The van der Waals surface area contributed by atoms with E-state index in [1.165, 1.54) is 37.7 Å². The minimum atomic E-state index is 0.586. The fourth-order valence-electron chi connectivity index (χ4n) is 1.75. The van der Waals surface area contributed by atoms with Gasteiger partial charge in [0, 0.05) is 6.54 Å². The second-order valence-electron chi connectivity index (χ2n) is 4.54. The van der Waals surface area contributed by atoms with Crippen LogP contribution in [0, 0.1) is 0 Å². The first kappa shape index (κ1) is 14.6. The molecule has 1 N–H and O–H groups in total. The third-order valence-corrected chi connectivity index (χ3v) is 2.86. The van der Waals surface area contributed by atoms with Crippen molar-refractivity contribution in [3.63, 3.8) is 0 Å². The van der Waals surface area contributed by atoms with Crippen molar-refractivity contribution in [3.05, 3.63) is 48.4 Å². The van der Waals surface area contributed by atoms with E-state index >= 15 is 0 Å². The molecular weight excluding hydrogens is 222 g/mol. The predicted octanol–water partition coefficient (Wildman–Crippen LogP) is 4.23. The summed E-state index contributed by atoms with van der Waals surface area (Å²) in [5.41, 5.74) is 1.17. The summed E-state index contributed by atoms with van der Waals surface area (Å²) in [4.78, 5) is 0. The molecule has 0 aliphatic heterocycles. The summed E-state index contributed by atoms with van der Waals surface area (Å²) in [5, 5.41) is 3.21. The van der Waals surface area contributed by atoms with E-state index in [-0.39, 0.29) is 0 Å². The van der Waals surface area contributed by atoms with Gasteiger partial charge in [-0.05, 0) is 18.6 Å². The van der Waals surface area contributed by atoms with E-state index in [4.69, 9.17) is 4.74 Å². The fourth-order valence-corrected chi connectivity index (χ4v) is 1.75. The van der Waals surface area contributed by atoms with E-state index in [0.29, 0.717) is 12.5 Å². The molecule has 1 aromatic rings. The number of rotatable bonds is 10. The van der Waals surface area contributed by atoms with Crippen LogP contribution in [0.3, 0.4) is 0 Å². The largest absolute Gasteiger partial charge is 0.475 e. The standard InChI is InChI=1S/C16H25NO/c1-3-4-5-6-10-13-17-15(2)18-14-16-11-8-7-9-12-16/h7-9,11-12,17H,2-6,10,13-14H2,1H3. The van der Waals surface area contributed by atoms with E-state index in [1.807, 2.05) is 18.2 Å². The zero-order chi connectivity index (χ0) is 13.1. The van der Waals surface area contributed by atoms with Crippen molar-refractivity contribution in [2.24, 2.45) is 0 Å². The van der Waals surface area contributed by atoms with Gasteiger partial charge < -0.3 is 10.1 Å². The summed E-state index contributed by atoms with van der Waals surface area (Å²) in [7, 11) is 0. The van der Waals surface area contributed by atoms with E-state index in [2.05, 4.69) is 31.0 Å². The molecule has 0 bridgehead atoms. The maximum absolute atomic E-state index is 5.55. The van der Waals surface area contributed by atoms with Crippen molar-refractivity contribution in [2.45, 2.75) is 45.6 Å². The number of unbranched alkanes of at least 4 members (excludes halogenated alkanes) is 4. The highest BCUT2D eigenvalue weighted by Crippen LogP contribution is 2.04. The van der Waals surface area contributed by atoms with Crippen LogP contribution in [-0.4, -0.2) is 6.54 Å². The molecule has 0 saturated heterocycles. The van der Waals surface area contributed by atoms with Gasteiger partial charge in [-0.15, -0.1) is 0 Å².